The Bertz CT molecular complexity index is 701. The van der Waals surface area contributed by atoms with Crippen LogP contribution in [0.2, 0.25) is 0 Å². The highest BCUT2D eigenvalue weighted by Gasteiger charge is 2.32. The first-order chi connectivity index (χ1) is 11.7. The summed E-state index contributed by atoms with van der Waals surface area (Å²) in [6, 6.07) is 10.1. The molecular weight excluding hydrogens is 324 g/mol. The lowest BCUT2D eigenvalue weighted by Crippen LogP contribution is -2.31. The minimum Gasteiger partial charge on any atom is -0.494 e. The molecule has 2 aromatic rings. The maximum Gasteiger partial charge on any atom is 0.233 e. The van der Waals surface area contributed by atoms with Gasteiger partial charge in [-0.25, -0.2) is 0 Å². The molecule has 1 aliphatic heterocycles. The van der Waals surface area contributed by atoms with Gasteiger partial charge in [-0.1, -0.05) is 6.07 Å². The Labute approximate surface area is 146 Å². The lowest BCUT2D eigenvalue weighted by atomic mass is 10.3. The van der Waals surface area contributed by atoms with E-state index in [0.29, 0.717) is 25.5 Å². The highest BCUT2D eigenvalue weighted by Crippen LogP contribution is 2.38. The van der Waals surface area contributed by atoms with E-state index in [1.165, 1.54) is 0 Å². The molecule has 1 aromatic carbocycles. The number of benzene rings is 1. The van der Waals surface area contributed by atoms with Crippen LogP contribution in [0.5, 0.6) is 5.75 Å². The summed E-state index contributed by atoms with van der Waals surface area (Å²) in [4.78, 5) is 14.0. The van der Waals surface area contributed by atoms with Crippen molar-refractivity contribution in [3.8, 4) is 11.4 Å². The van der Waals surface area contributed by atoms with Crippen molar-refractivity contribution in [2.75, 3.05) is 32.6 Å². The van der Waals surface area contributed by atoms with Crippen molar-refractivity contribution in [3.63, 3.8) is 0 Å². The van der Waals surface area contributed by atoms with Gasteiger partial charge in [0, 0.05) is 43.4 Å². The number of ether oxygens (including phenoxy) is 2. The Balaban J connectivity index is 1.80. The number of aromatic nitrogens is 1. The molecule has 1 atom stereocenters. The van der Waals surface area contributed by atoms with E-state index < -0.39 is 0 Å². The standard InChI is InChI=1S/C18H22N2O3S/c1-3-23-16-6-4-5-15(11-16)19-8-7-14(12-19)18-20(9-10-22-2)17(21)13-24-18/h4-8,11-12,18H,3,9-10,13H2,1-2H3. The molecule has 5 nitrogen and oxygen atoms in total. The fourth-order valence-corrected chi connectivity index (χ4v) is 3.98. The largest absolute Gasteiger partial charge is 0.494 e. The first kappa shape index (κ1) is 16.9. The van der Waals surface area contributed by atoms with E-state index in [0.717, 1.165) is 17.0 Å². The number of nitrogens with zero attached hydrogens (tertiary/aromatic N) is 2. The van der Waals surface area contributed by atoms with Gasteiger partial charge < -0.3 is 18.9 Å². The SMILES string of the molecule is CCOc1cccc(-n2ccc(C3SCC(=O)N3CCOC)c2)c1. The summed E-state index contributed by atoms with van der Waals surface area (Å²) >= 11 is 1.66. The molecule has 1 fully saturated rings. The van der Waals surface area contributed by atoms with Gasteiger partial charge in [0.25, 0.3) is 0 Å². The lowest BCUT2D eigenvalue weighted by Gasteiger charge is -2.22. The lowest BCUT2D eigenvalue weighted by molar-refractivity contribution is -0.128. The van der Waals surface area contributed by atoms with Gasteiger partial charge in [-0.3, -0.25) is 4.79 Å². The molecule has 1 amide bonds. The number of rotatable bonds is 7. The molecule has 0 saturated carbocycles. The Kier molecular flexibility index (Phi) is 5.48. The molecule has 128 valence electrons. The summed E-state index contributed by atoms with van der Waals surface area (Å²) < 4.78 is 12.8. The van der Waals surface area contributed by atoms with Gasteiger partial charge >= 0.3 is 0 Å². The first-order valence-corrected chi connectivity index (χ1v) is 9.09. The van der Waals surface area contributed by atoms with E-state index in [1.54, 1.807) is 18.9 Å². The third-order valence-corrected chi connectivity index (χ3v) is 5.19. The van der Waals surface area contributed by atoms with Crippen molar-refractivity contribution in [2.24, 2.45) is 0 Å². The van der Waals surface area contributed by atoms with E-state index in [4.69, 9.17) is 9.47 Å². The van der Waals surface area contributed by atoms with Gasteiger partial charge in [-0.2, -0.15) is 0 Å². The van der Waals surface area contributed by atoms with Gasteiger partial charge in [0.05, 0.1) is 19.0 Å². The van der Waals surface area contributed by atoms with E-state index in [2.05, 4.69) is 16.8 Å². The Hall–Kier alpha value is -1.92. The van der Waals surface area contributed by atoms with Crippen LogP contribution < -0.4 is 4.74 Å². The monoisotopic (exact) mass is 346 g/mol. The molecule has 0 aliphatic carbocycles. The number of hydrogen-bond donors (Lipinski definition) is 0. The summed E-state index contributed by atoms with van der Waals surface area (Å²) in [6.45, 7) is 3.80. The van der Waals surface area contributed by atoms with Crippen molar-refractivity contribution in [2.45, 2.75) is 12.3 Å². The maximum atomic E-state index is 12.1. The normalized spacial score (nSPS) is 17.5. The zero-order valence-electron chi connectivity index (χ0n) is 14.0. The second kappa shape index (κ2) is 7.77. The van der Waals surface area contributed by atoms with Crippen LogP contribution in [0.25, 0.3) is 5.69 Å². The third kappa shape index (κ3) is 3.60. The summed E-state index contributed by atoms with van der Waals surface area (Å²) in [7, 11) is 1.66. The van der Waals surface area contributed by atoms with Crippen LogP contribution in [0.1, 0.15) is 17.9 Å². The molecule has 1 aliphatic rings. The molecule has 1 unspecified atom stereocenters. The number of methoxy groups -OCH3 is 1. The number of amides is 1. The first-order valence-electron chi connectivity index (χ1n) is 8.04. The van der Waals surface area contributed by atoms with E-state index >= 15 is 0 Å². The Morgan fingerprint density at radius 3 is 3.00 bits per heavy atom. The van der Waals surface area contributed by atoms with Crippen LogP contribution >= 0.6 is 11.8 Å². The number of carbonyl (C=O) groups is 1. The Morgan fingerprint density at radius 1 is 1.33 bits per heavy atom. The van der Waals surface area contributed by atoms with Gasteiger partial charge in [0.15, 0.2) is 0 Å². The molecule has 0 bridgehead atoms. The third-order valence-electron chi connectivity index (χ3n) is 3.93. The zero-order chi connectivity index (χ0) is 16.9. The van der Waals surface area contributed by atoms with Crippen LogP contribution in [0.3, 0.4) is 0 Å². The highest BCUT2D eigenvalue weighted by atomic mass is 32.2. The average Bonchev–Trinajstić information content (AvgIpc) is 3.20. The van der Waals surface area contributed by atoms with Crippen LogP contribution in [-0.2, 0) is 9.53 Å². The van der Waals surface area contributed by atoms with Crippen molar-refractivity contribution in [1.29, 1.82) is 0 Å². The van der Waals surface area contributed by atoms with E-state index in [1.807, 2.05) is 42.3 Å². The molecule has 0 N–H and O–H groups in total. The maximum absolute atomic E-state index is 12.1. The summed E-state index contributed by atoms with van der Waals surface area (Å²) in [6.07, 6.45) is 4.11. The minimum atomic E-state index is 0.0592. The van der Waals surface area contributed by atoms with Crippen molar-refractivity contribution in [3.05, 3.63) is 48.3 Å². The van der Waals surface area contributed by atoms with Crippen LogP contribution in [-0.4, -0.2) is 48.0 Å². The zero-order valence-corrected chi connectivity index (χ0v) is 14.8. The van der Waals surface area contributed by atoms with Crippen LogP contribution in [0.4, 0.5) is 0 Å². The molecule has 1 saturated heterocycles. The van der Waals surface area contributed by atoms with Crippen molar-refractivity contribution in [1.82, 2.24) is 9.47 Å². The molecule has 0 radical (unpaired) electrons. The van der Waals surface area contributed by atoms with Gasteiger partial charge in [0.1, 0.15) is 11.1 Å². The molecular formula is C18H22N2O3S. The number of hydrogen-bond acceptors (Lipinski definition) is 4. The quantitative estimate of drug-likeness (QED) is 0.773. The predicted molar refractivity (Wildman–Crippen MR) is 95.7 cm³/mol. The molecule has 2 heterocycles. The minimum absolute atomic E-state index is 0.0592. The predicted octanol–water partition coefficient (Wildman–Crippen LogP) is 3.10. The van der Waals surface area contributed by atoms with Gasteiger partial charge in [0.2, 0.25) is 5.91 Å². The molecule has 0 spiro atoms. The van der Waals surface area contributed by atoms with Crippen molar-refractivity contribution >= 4 is 17.7 Å². The molecule has 3 rings (SSSR count). The van der Waals surface area contributed by atoms with Crippen LogP contribution in [0, 0.1) is 0 Å². The van der Waals surface area contributed by atoms with E-state index in [-0.39, 0.29) is 11.3 Å². The Morgan fingerprint density at radius 2 is 2.21 bits per heavy atom. The van der Waals surface area contributed by atoms with Crippen LogP contribution in [0.15, 0.2) is 42.7 Å². The van der Waals surface area contributed by atoms with Crippen molar-refractivity contribution < 1.29 is 14.3 Å². The highest BCUT2D eigenvalue weighted by molar-refractivity contribution is 8.00. The van der Waals surface area contributed by atoms with Gasteiger partial charge in [-0.15, -0.1) is 11.8 Å². The molecule has 6 heteroatoms. The molecule has 1 aromatic heterocycles. The van der Waals surface area contributed by atoms with E-state index in [9.17, 15) is 4.79 Å². The smallest absolute Gasteiger partial charge is 0.233 e. The second-order valence-electron chi connectivity index (χ2n) is 5.53. The number of carbonyl (C=O) groups excluding carboxylic acids is 1. The summed E-state index contributed by atoms with van der Waals surface area (Å²) in [5, 5.41) is 0.0592. The summed E-state index contributed by atoms with van der Waals surface area (Å²) in [5.41, 5.74) is 2.17. The summed E-state index contributed by atoms with van der Waals surface area (Å²) in [5.74, 6) is 1.56. The average molecular weight is 346 g/mol. The van der Waals surface area contributed by atoms with Gasteiger partial charge in [-0.05, 0) is 25.1 Å². The fourth-order valence-electron chi connectivity index (χ4n) is 2.78. The number of thioether (sulfide) groups is 1. The fraction of sp³-hybridized carbons (Fsp3) is 0.389. The molecule has 24 heavy (non-hydrogen) atoms. The topological polar surface area (TPSA) is 43.7 Å². The second-order valence-corrected chi connectivity index (χ2v) is 6.59.